The van der Waals surface area contributed by atoms with E-state index in [1.165, 1.54) is 12.8 Å². The minimum absolute atomic E-state index is 0.0920. The van der Waals surface area contributed by atoms with Crippen molar-refractivity contribution < 1.29 is 9.59 Å². The number of carbonyl (C=O) groups is 2. The SMILES string of the molecule is O=C(CN1CCC(C(=O)N2CCCCCC2)CC1)Nc1cc(Cl)cc(Cl)c1. The summed E-state index contributed by atoms with van der Waals surface area (Å²) in [6, 6.07) is 4.99. The molecule has 2 fully saturated rings. The van der Waals surface area contributed by atoms with Gasteiger partial charge >= 0.3 is 0 Å². The molecule has 3 rings (SSSR count). The number of anilines is 1. The molecule has 0 aromatic heterocycles. The first kappa shape index (κ1) is 20.4. The first-order chi connectivity index (χ1) is 13.0. The quantitative estimate of drug-likeness (QED) is 0.812. The lowest BCUT2D eigenvalue weighted by molar-refractivity contribution is -0.137. The van der Waals surface area contributed by atoms with E-state index in [0.29, 0.717) is 28.2 Å². The van der Waals surface area contributed by atoms with Crippen molar-refractivity contribution in [2.75, 3.05) is 38.0 Å². The highest BCUT2D eigenvalue weighted by molar-refractivity contribution is 6.35. The smallest absolute Gasteiger partial charge is 0.238 e. The monoisotopic (exact) mass is 411 g/mol. The molecule has 0 unspecified atom stereocenters. The molecule has 1 aromatic rings. The molecule has 0 atom stereocenters. The van der Waals surface area contributed by atoms with Gasteiger partial charge in [-0.15, -0.1) is 0 Å². The minimum Gasteiger partial charge on any atom is -0.342 e. The molecule has 2 amide bonds. The molecule has 2 aliphatic rings. The fraction of sp³-hybridized carbons (Fsp3) is 0.600. The summed E-state index contributed by atoms with van der Waals surface area (Å²) in [5, 5.41) is 3.82. The van der Waals surface area contributed by atoms with Crippen LogP contribution < -0.4 is 5.32 Å². The van der Waals surface area contributed by atoms with Crippen molar-refractivity contribution >= 4 is 40.7 Å². The number of likely N-dealkylation sites (tertiary alicyclic amines) is 2. The summed E-state index contributed by atoms with van der Waals surface area (Å²) < 4.78 is 0. The fourth-order valence-corrected chi connectivity index (χ4v) is 4.44. The van der Waals surface area contributed by atoms with Gasteiger partial charge in [0.15, 0.2) is 0 Å². The Bertz CT molecular complexity index is 647. The summed E-state index contributed by atoms with van der Waals surface area (Å²) in [6.07, 6.45) is 6.36. The van der Waals surface area contributed by atoms with Crippen LogP contribution in [0.15, 0.2) is 18.2 Å². The Kier molecular flexibility index (Phi) is 7.39. The molecule has 7 heteroatoms. The second-order valence-electron chi connectivity index (χ2n) is 7.50. The van der Waals surface area contributed by atoms with Gasteiger partial charge < -0.3 is 10.2 Å². The van der Waals surface area contributed by atoms with E-state index >= 15 is 0 Å². The maximum absolute atomic E-state index is 12.7. The molecule has 0 spiro atoms. The third-order valence-corrected chi connectivity index (χ3v) is 5.80. The third kappa shape index (κ3) is 6.09. The predicted molar refractivity (Wildman–Crippen MR) is 109 cm³/mol. The van der Waals surface area contributed by atoms with Crippen LogP contribution in [-0.2, 0) is 9.59 Å². The van der Waals surface area contributed by atoms with E-state index < -0.39 is 0 Å². The van der Waals surface area contributed by atoms with Crippen molar-refractivity contribution in [3.8, 4) is 0 Å². The molecule has 148 valence electrons. The Morgan fingerprint density at radius 3 is 2.11 bits per heavy atom. The van der Waals surface area contributed by atoms with Crippen LogP contribution in [0.3, 0.4) is 0 Å². The molecule has 1 N–H and O–H groups in total. The van der Waals surface area contributed by atoms with Gasteiger partial charge in [0.1, 0.15) is 0 Å². The van der Waals surface area contributed by atoms with E-state index in [9.17, 15) is 9.59 Å². The van der Waals surface area contributed by atoms with Gasteiger partial charge in [0.25, 0.3) is 0 Å². The minimum atomic E-state index is -0.0920. The third-order valence-electron chi connectivity index (χ3n) is 5.37. The Morgan fingerprint density at radius 2 is 1.52 bits per heavy atom. The highest BCUT2D eigenvalue weighted by Crippen LogP contribution is 2.24. The highest BCUT2D eigenvalue weighted by atomic mass is 35.5. The summed E-state index contributed by atoms with van der Waals surface area (Å²) in [5.74, 6) is 0.328. The van der Waals surface area contributed by atoms with Crippen molar-refractivity contribution in [2.45, 2.75) is 38.5 Å². The largest absolute Gasteiger partial charge is 0.342 e. The number of hydrogen-bond acceptors (Lipinski definition) is 3. The topological polar surface area (TPSA) is 52.7 Å². The second-order valence-corrected chi connectivity index (χ2v) is 8.37. The van der Waals surface area contributed by atoms with Crippen molar-refractivity contribution in [2.24, 2.45) is 5.92 Å². The van der Waals surface area contributed by atoms with Crippen molar-refractivity contribution in [3.63, 3.8) is 0 Å². The summed E-state index contributed by atoms with van der Waals surface area (Å²) in [4.78, 5) is 29.2. The molecule has 27 heavy (non-hydrogen) atoms. The maximum atomic E-state index is 12.7. The number of benzene rings is 1. The lowest BCUT2D eigenvalue weighted by Gasteiger charge is -2.33. The molecule has 0 bridgehead atoms. The van der Waals surface area contributed by atoms with E-state index in [0.717, 1.165) is 51.9 Å². The number of rotatable bonds is 4. The molecule has 0 aliphatic carbocycles. The zero-order chi connectivity index (χ0) is 19.2. The molecule has 0 saturated carbocycles. The second kappa shape index (κ2) is 9.76. The van der Waals surface area contributed by atoms with E-state index in [1.807, 2.05) is 0 Å². The van der Waals surface area contributed by atoms with E-state index in [2.05, 4.69) is 15.1 Å². The van der Waals surface area contributed by atoms with Crippen molar-refractivity contribution in [1.29, 1.82) is 0 Å². The van der Waals surface area contributed by atoms with E-state index in [-0.39, 0.29) is 11.8 Å². The average Bonchev–Trinajstić information content (AvgIpc) is 2.90. The summed E-state index contributed by atoms with van der Waals surface area (Å²) in [6.45, 7) is 3.67. The van der Waals surface area contributed by atoms with Gasteiger partial charge in [0.05, 0.1) is 6.54 Å². The van der Waals surface area contributed by atoms with Crippen molar-refractivity contribution in [1.82, 2.24) is 9.80 Å². The van der Waals surface area contributed by atoms with Gasteiger partial charge in [-0.3, -0.25) is 14.5 Å². The van der Waals surface area contributed by atoms with Gasteiger partial charge in [-0.1, -0.05) is 36.0 Å². The molecule has 0 radical (unpaired) electrons. The number of hydrogen-bond donors (Lipinski definition) is 1. The number of nitrogens with zero attached hydrogens (tertiary/aromatic N) is 2. The van der Waals surface area contributed by atoms with E-state index in [4.69, 9.17) is 23.2 Å². The van der Waals surface area contributed by atoms with Crippen LogP contribution >= 0.6 is 23.2 Å². The Morgan fingerprint density at radius 1 is 0.926 bits per heavy atom. The standard InChI is InChI=1S/C20H27Cl2N3O2/c21-16-11-17(22)13-18(12-16)23-19(26)14-24-9-5-15(6-10-24)20(27)25-7-3-1-2-4-8-25/h11-13,15H,1-10,14H2,(H,23,26). The zero-order valence-corrected chi connectivity index (χ0v) is 17.1. The molecular weight excluding hydrogens is 385 g/mol. The Hall–Kier alpha value is -1.30. The van der Waals surface area contributed by atoms with Gasteiger partial charge in [0, 0.05) is 34.7 Å². The van der Waals surface area contributed by atoms with Gasteiger partial charge in [-0.2, -0.15) is 0 Å². The first-order valence-corrected chi connectivity index (χ1v) is 10.5. The number of amides is 2. The van der Waals surface area contributed by atoms with Crippen LogP contribution in [0.5, 0.6) is 0 Å². The summed E-state index contributed by atoms with van der Waals surface area (Å²) in [7, 11) is 0. The molecule has 2 saturated heterocycles. The number of halogens is 2. The van der Waals surface area contributed by atoms with Gasteiger partial charge in [0.2, 0.25) is 11.8 Å². The first-order valence-electron chi connectivity index (χ1n) is 9.78. The molecular formula is C20H27Cl2N3O2. The van der Waals surface area contributed by atoms with Crippen LogP contribution in [-0.4, -0.2) is 54.3 Å². The lowest BCUT2D eigenvalue weighted by Crippen LogP contribution is -2.44. The fourth-order valence-electron chi connectivity index (χ4n) is 3.92. The van der Waals surface area contributed by atoms with Crippen LogP contribution in [0.25, 0.3) is 0 Å². The summed E-state index contributed by atoms with van der Waals surface area (Å²) >= 11 is 11.9. The lowest BCUT2D eigenvalue weighted by atomic mass is 9.95. The molecule has 2 aliphatic heterocycles. The molecule has 5 nitrogen and oxygen atoms in total. The normalized spacial score (nSPS) is 19.6. The van der Waals surface area contributed by atoms with E-state index in [1.54, 1.807) is 18.2 Å². The van der Waals surface area contributed by atoms with Crippen LogP contribution in [0.2, 0.25) is 10.0 Å². The Labute approximate surface area is 171 Å². The predicted octanol–water partition coefficient (Wildman–Crippen LogP) is 4.05. The van der Waals surface area contributed by atoms with Crippen LogP contribution in [0, 0.1) is 5.92 Å². The molecule has 2 heterocycles. The number of piperidine rings is 1. The van der Waals surface area contributed by atoms with Gasteiger partial charge in [-0.05, 0) is 57.0 Å². The summed E-state index contributed by atoms with van der Waals surface area (Å²) in [5.41, 5.74) is 0.601. The number of carbonyl (C=O) groups excluding carboxylic acids is 2. The van der Waals surface area contributed by atoms with Gasteiger partial charge in [-0.25, -0.2) is 0 Å². The maximum Gasteiger partial charge on any atom is 0.238 e. The van der Waals surface area contributed by atoms with Crippen LogP contribution in [0.1, 0.15) is 38.5 Å². The van der Waals surface area contributed by atoms with Crippen molar-refractivity contribution in [3.05, 3.63) is 28.2 Å². The highest BCUT2D eigenvalue weighted by Gasteiger charge is 2.29. The zero-order valence-electron chi connectivity index (χ0n) is 15.6. The average molecular weight is 412 g/mol. The Balaban J connectivity index is 1.44. The molecule has 1 aromatic carbocycles. The van der Waals surface area contributed by atoms with Crippen LogP contribution in [0.4, 0.5) is 5.69 Å². The number of nitrogens with one attached hydrogen (secondary N) is 1.